The van der Waals surface area contributed by atoms with Gasteiger partial charge in [-0.15, -0.1) is 0 Å². The number of rotatable bonds is 4. The Balaban J connectivity index is 1.64. The molecule has 2 aromatic carbocycles. The van der Waals surface area contributed by atoms with Gasteiger partial charge in [0.2, 0.25) is 6.79 Å². The van der Waals surface area contributed by atoms with E-state index >= 15 is 0 Å². The fourth-order valence-corrected chi connectivity index (χ4v) is 2.56. The van der Waals surface area contributed by atoms with Crippen molar-refractivity contribution >= 4 is 11.6 Å². The predicted molar refractivity (Wildman–Crippen MR) is 79.3 cm³/mol. The van der Waals surface area contributed by atoms with Crippen molar-refractivity contribution in [3.8, 4) is 11.5 Å². The highest BCUT2D eigenvalue weighted by atomic mass is 35.5. The van der Waals surface area contributed by atoms with Crippen LogP contribution < -0.4 is 14.8 Å². The summed E-state index contributed by atoms with van der Waals surface area (Å²) in [5, 5.41) is 4.19. The molecule has 1 N–H and O–H groups in total. The van der Waals surface area contributed by atoms with Crippen molar-refractivity contribution < 1.29 is 9.47 Å². The van der Waals surface area contributed by atoms with E-state index < -0.39 is 0 Å². The lowest BCUT2D eigenvalue weighted by atomic mass is 10.1. The van der Waals surface area contributed by atoms with Crippen LogP contribution in [-0.2, 0) is 13.1 Å². The molecule has 0 saturated heterocycles. The smallest absolute Gasteiger partial charge is 0.231 e. The SMILES string of the molecule is Cc1ccc(CNCc2cccc3c2OCO3)c(Cl)c1. The van der Waals surface area contributed by atoms with E-state index in [0.29, 0.717) is 6.79 Å². The summed E-state index contributed by atoms with van der Waals surface area (Å²) in [5.41, 5.74) is 3.37. The molecule has 1 heterocycles. The van der Waals surface area contributed by atoms with Gasteiger partial charge >= 0.3 is 0 Å². The highest BCUT2D eigenvalue weighted by molar-refractivity contribution is 6.31. The third-order valence-corrected chi connectivity index (χ3v) is 3.67. The van der Waals surface area contributed by atoms with Crippen molar-refractivity contribution in [3.63, 3.8) is 0 Å². The molecular formula is C16H16ClNO2. The zero-order valence-corrected chi connectivity index (χ0v) is 12.0. The van der Waals surface area contributed by atoms with Gasteiger partial charge in [-0.25, -0.2) is 0 Å². The average molecular weight is 290 g/mol. The first kappa shape index (κ1) is 13.3. The fourth-order valence-electron chi connectivity index (χ4n) is 2.26. The Morgan fingerprint density at radius 2 is 1.95 bits per heavy atom. The number of nitrogens with one attached hydrogen (secondary N) is 1. The molecule has 3 rings (SSSR count). The summed E-state index contributed by atoms with van der Waals surface area (Å²) in [4.78, 5) is 0. The first-order valence-electron chi connectivity index (χ1n) is 6.57. The Labute approximate surface area is 123 Å². The molecule has 3 nitrogen and oxygen atoms in total. The van der Waals surface area contributed by atoms with Gasteiger partial charge in [0.05, 0.1) is 0 Å². The summed E-state index contributed by atoms with van der Waals surface area (Å²) < 4.78 is 10.8. The van der Waals surface area contributed by atoms with Gasteiger partial charge in [0.1, 0.15) is 0 Å². The molecule has 0 amide bonds. The molecule has 2 aromatic rings. The van der Waals surface area contributed by atoms with Gasteiger partial charge in [-0.2, -0.15) is 0 Å². The maximum atomic E-state index is 6.22. The molecule has 0 aliphatic carbocycles. The molecule has 4 heteroatoms. The van der Waals surface area contributed by atoms with Gasteiger partial charge in [0, 0.05) is 23.7 Å². The maximum absolute atomic E-state index is 6.22. The van der Waals surface area contributed by atoms with E-state index in [0.717, 1.165) is 40.7 Å². The van der Waals surface area contributed by atoms with Gasteiger partial charge in [-0.3, -0.25) is 0 Å². The second kappa shape index (κ2) is 5.73. The van der Waals surface area contributed by atoms with E-state index in [4.69, 9.17) is 21.1 Å². The zero-order valence-electron chi connectivity index (χ0n) is 11.3. The van der Waals surface area contributed by atoms with E-state index in [1.54, 1.807) is 0 Å². The van der Waals surface area contributed by atoms with Crippen LogP contribution in [0.5, 0.6) is 11.5 Å². The van der Waals surface area contributed by atoms with Gasteiger partial charge in [0.15, 0.2) is 11.5 Å². The van der Waals surface area contributed by atoms with Crippen LogP contribution in [0.3, 0.4) is 0 Å². The Morgan fingerprint density at radius 1 is 1.10 bits per heavy atom. The van der Waals surface area contributed by atoms with E-state index in [1.807, 2.05) is 31.2 Å². The number of halogens is 1. The van der Waals surface area contributed by atoms with Crippen LogP contribution in [0.4, 0.5) is 0 Å². The number of hydrogen-bond acceptors (Lipinski definition) is 3. The topological polar surface area (TPSA) is 30.5 Å². The van der Waals surface area contributed by atoms with Crippen molar-refractivity contribution in [1.29, 1.82) is 0 Å². The number of fused-ring (bicyclic) bond motifs is 1. The van der Waals surface area contributed by atoms with Crippen molar-refractivity contribution in [2.24, 2.45) is 0 Å². The summed E-state index contributed by atoms with van der Waals surface area (Å²) in [6.45, 7) is 3.78. The number of para-hydroxylation sites is 1. The maximum Gasteiger partial charge on any atom is 0.231 e. The van der Waals surface area contributed by atoms with Gasteiger partial charge in [0.25, 0.3) is 0 Å². The normalized spacial score (nSPS) is 12.7. The third-order valence-electron chi connectivity index (χ3n) is 3.32. The number of benzene rings is 2. The van der Waals surface area contributed by atoms with Crippen molar-refractivity contribution in [1.82, 2.24) is 5.32 Å². The van der Waals surface area contributed by atoms with E-state index in [2.05, 4.69) is 17.4 Å². The summed E-state index contributed by atoms with van der Waals surface area (Å²) in [7, 11) is 0. The van der Waals surface area contributed by atoms with Crippen LogP contribution in [0, 0.1) is 6.92 Å². The number of aryl methyl sites for hydroxylation is 1. The Kier molecular flexibility index (Phi) is 3.81. The fraction of sp³-hybridized carbons (Fsp3) is 0.250. The quantitative estimate of drug-likeness (QED) is 0.931. The minimum Gasteiger partial charge on any atom is -0.454 e. The Hall–Kier alpha value is -1.71. The van der Waals surface area contributed by atoms with E-state index in [9.17, 15) is 0 Å². The molecule has 0 atom stereocenters. The molecule has 0 radical (unpaired) electrons. The zero-order chi connectivity index (χ0) is 13.9. The van der Waals surface area contributed by atoms with E-state index in [1.165, 1.54) is 5.56 Å². The summed E-state index contributed by atoms with van der Waals surface area (Å²) in [5.74, 6) is 1.66. The largest absolute Gasteiger partial charge is 0.454 e. The summed E-state index contributed by atoms with van der Waals surface area (Å²) in [6.07, 6.45) is 0. The van der Waals surface area contributed by atoms with Crippen LogP contribution in [0.1, 0.15) is 16.7 Å². The standard InChI is InChI=1S/C16H16ClNO2/c1-11-5-6-12(14(17)7-11)8-18-9-13-3-2-4-15-16(13)20-10-19-15/h2-7,18H,8-10H2,1H3. The highest BCUT2D eigenvalue weighted by Gasteiger charge is 2.16. The number of hydrogen-bond donors (Lipinski definition) is 1. The van der Waals surface area contributed by atoms with Crippen LogP contribution >= 0.6 is 11.6 Å². The molecule has 0 spiro atoms. The molecule has 104 valence electrons. The van der Waals surface area contributed by atoms with Gasteiger partial charge in [-0.05, 0) is 30.2 Å². The highest BCUT2D eigenvalue weighted by Crippen LogP contribution is 2.35. The third kappa shape index (κ3) is 2.74. The lowest BCUT2D eigenvalue weighted by Gasteiger charge is -2.09. The first-order chi connectivity index (χ1) is 9.74. The minimum atomic E-state index is 0.302. The van der Waals surface area contributed by atoms with Crippen molar-refractivity contribution in [2.75, 3.05) is 6.79 Å². The van der Waals surface area contributed by atoms with Crippen molar-refractivity contribution in [3.05, 3.63) is 58.1 Å². The number of ether oxygens (including phenoxy) is 2. The van der Waals surface area contributed by atoms with Crippen LogP contribution in [0.25, 0.3) is 0 Å². The van der Waals surface area contributed by atoms with Gasteiger partial charge in [-0.1, -0.05) is 35.9 Å². The molecule has 0 saturated carbocycles. The van der Waals surface area contributed by atoms with Gasteiger partial charge < -0.3 is 14.8 Å². The van der Waals surface area contributed by atoms with E-state index in [-0.39, 0.29) is 0 Å². The minimum absolute atomic E-state index is 0.302. The lowest BCUT2D eigenvalue weighted by molar-refractivity contribution is 0.173. The molecule has 0 bridgehead atoms. The second-order valence-electron chi connectivity index (χ2n) is 4.85. The molecule has 1 aliphatic rings. The molecule has 0 unspecified atom stereocenters. The van der Waals surface area contributed by atoms with Crippen LogP contribution in [0.2, 0.25) is 5.02 Å². The Bertz CT molecular complexity index is 628. The molecule has 0 fully saturated rings. The average Bonchev–Trinajstić information content (AvgIpc) is 2.90. The Morgan fingerprint density at radius 3 is 2.80 bits per heavy atom. The predicted octanol–water partition coefficient (Wildman–Crippen LogP) is 3.67. The molecular weight excluding hydrogens is 274 g/mol. The second-order valence-corrected chi connectivity index (χ2v) is 5.26. The first-order valence-corrected chi connectivity index (χ1v) is 6.95. The molecule has 0 aromatic heterocycles. The summed E-state index contributed by atoms with van der Waals surface area (Å²) in [6, 6.07) is 12.0. The lowest BCUT2D eigenvalue weighted by Crippen LogP contribution is -2.13. The van der Waals surface area contributed by atoms with Crippen LogP contribution in [0.15, 0.2) is 36.4 Å². The molecule has 20 heavy (non-hydrogen) atoms. The monoisotopic (exact) mass is 289 g/mol. The summed E-state index contributed by atoms with van der Waals surface area (Å²) >= 11 is 6.22. The van der Waals surface area contributed by atoms with Crippen LogP contribution in [-0.4, -0.2) is 6.79 Å². The van der Waals surface area contributed by atoms with Crippen molar-refractivity contribution in [2.45, 2.75) is 20.0 Å². The molecule has 1 aliphatic heterocycles.